The van der Waals surface area contributed by atoms with E-state index in [2.05, 4.69) is 5.10 Å². The maximum Gasteiger partial charge on any atom is 0.347 e. The van der Waals surface area contributed by atoms with Gasteiger partial charge in [-0.15, -0.1) is 0 Å². The van der Waals surface area contributed by atoms with Crippen molar-refractivity contribution in [3.63, 3.8) is 0 Å². The Morgan fingerprint density at radius 2 is 1.73 bits per heavy atom. The first-order valence-electron chi connectivity index (χ1n) is 7.50. The Bertz CT molecular complexity index is 814. The zero-order chi connectivity index (χ0) is 19.4. The van der Waals surface area contributed by atoms with E-state index in [1.165, 1.54) is 6.92 Å². The summed E-state index contributed by atoms with van der Waals surface area (Å²) in [5.74, 6) is -2.04. The topological polar surface area (TPSA) is 156 Å². The highest BCUT2D eigenvalue weighted by Gasteiger charge is 2.51. The third-order valence-electron chi connectivity index (χ3n) is 3.32. The minimum atomic E-state index is -1.31. The summed E-state index contributed by atoms with van der Waals surface area (Å²) in [5.41, 5.74) is -1.66. The molecule has 1 fully saturated rings. The molecule has 0 amide bonds. The summed E-state index contributed by atoms with van der Waals surface area (Å²) in [4.78, 5) is 59.1. The van der Waals surface area contributed by atoms with Crippen LogP contribution in [0.2, 0.25) is 0 Å². The van der Waals surface area contributed by atoms with E-state index in [-0.39, 0.29) is 6.61 Å². The fourth-order valence-corrected chi connectivity index (χ4v) is 2.43. The molecule has 1 saturated heterocycles. The standard InChI is InChI=1S/C14H17N3O9/c1-6(18)23-5-9-11(24-7(2)19)12(25-8(3)20)13(26-9)17-14(22)16-10(21)4-15-17/h4,9,11-13H,5H2,1-3H3,(H,16,21,22)/t9-,11+,12?,13-/m1/s1. The SMILES string of the molecule is CC(=O)OC[C@H]1O[C@@H](n2ncc(=O)[nH]c2=O)C(OC(C)=O)[C@H]1OC(C)=O. The van der Waals surface area contributed by atoms with Crippen molar-refractivity contribution in [1.82, 2.24) is 14.8 Å². The third-order valence-corrected chi connectivity index (χ3v) is 3.32. The zero-order valence-electron chi connectivity index (χ0n) is 14.2. The van der Waals surface area contributed by atoms with Gasteiger partial charge < -0.3 is 18.9 Å². The van der Waals surface area contributed by atoms with Gasteiger partial charge in [0.25, 0.3) is 5.56 Å². The number of nitrogens with one attached hydrogen (secondary N) is 1. The lowest BCUT2D eigenvalue weighted by Crippen LogP contribution is -2.43. The molecule has 2 rings (SSSR count). The van der Waals surface area contributed by atoms with Crippen molar-refractivity contribution in [3.05, 3.63) is 27.0 Å². The molecule has 1 unspecified atom stereocenters. The van der Waals surface area contributed by atoms with Crippen LogP contribution in [0.3, 0.4) is 0 Å². The Morgan fingerprint density at radius 3 is 2.27 bits per heavy atom. The van der Waals surface area contributed by atoms with Crippen LogP contribution in [-0.2, 0) is 33.3 Å². The van der Waals surface area contributed by atoms with Crippen LogP contribution >= 0.6 is 0 Å². The highest BCUT2D eigenvalue weighted by atomic mass is 16.7. The van der Waals surface area contributed by atoms with Gasteiger partial charge in [0.15, 0.2) is 18.4 Å². The summed E-state index contributed by atoms with van der Waals surface area (Å²) in [6.45, 7) is 3.10. The molecule has 1 aliphatic rings. The van der Waals surface area contributed by atoms with Crippen LogP contribution in [0.4, 0.5) is 0 Å². The van der Waals surface area contributed by atoms with E-state index in [4.69, 9.17) is 18.9 Å². The smallest absolute Gasteiger partial charge is 0.347 e. The van der Waals surface area contributed by atoms with Crippen LogP contribution in [0.15, 0.2) is 15.8 Å². The van der Waals surface area contributed by atoms with Crippen LogP contribution < -0.4 is 11.2 Å². The minimum Gasteiger partial charge on any atom is -0.463 e. The molecule has 0 spiro atoms. The van der Waals surface area contributed by atoms with Crippen molar-refractivity contribution in [2.24, 2.45) is 0 Å². The fraction of sp³-hybridized carbons (Fsp3) is 0.571. The van der Waals surface area contributed by atoms with Gasteiger partial charge in [0.05, 0.1) is 0 Å². The number of H-pyrrole nitrogens is 1. The maximum atomic E-state index is 12.0. The second-order valence-electron chi connectivity index (χ2n) is 5.40. The van der Waals surface area contributed by atoms with Crippen LogP contribution in [0.5, 0.6) is 0 Å². The van der Waals surface area contributed by atoms with Crippen molar-refractivity contribution in [2.75, 3.05) is 6.61 Å². The summed E-state index contributed by atoms with van der Waals surface area (Å²) in [6.07, 6.45) is -3.93. The summed E-state index contributed by atoms with van der Waals surface area (Å²) < 4.78 is 21.5. The van der Waals surface area contributed by atoms with Gasteiger partial charge in [0.1, 0.15) is 18.9 Å². The molecule has 0 aromatic carbocycles. The van der Waals surface area contributed by atoms with E-state index in [0.29, 0.717) is 0 Å². The van der Waals surface area contributed by atoms with E-state index >= 15 is 0 Å². The van der Waals surface area contributed by atoms with Crippen LogP contribution in [0.25, 0.3) is 0 Å². The zero-order valence-corrected chi connectivity index (χ0v) is 14.2. The van der Waals surface area contributed by atoms with E-state index in [9.17, 15) is 24.0 Å². The Morgan fingerprint density at radius 1 is 1.12 bits per heavy atom. The molecule has 12 heteroatoms. The highest BCUT2D eigenvalue weighted by molar-refractivity contribution is 5.67. The van der Waals surface area contributed by atoms with E-state index < -0.39 is 53.7 Å². The van der Waals surface area contributed by atoms with Crippen molar-refractivity contribution in [1.29, 1.82) is 0 Å². The average Bonchev–Trinajstić information content (AvgIpc) is 2.82. The molecule has 2 heterocycles. The number of carbonyl (C=O) groups excluding carboxylic acids is 3. The number of carbonyl (C=O) groups is 3. The van der Waals surface area contributed by atoms with Gasteiger partial charge in [-0.3, -0.25) is 24.2 Å². The molecular weight excluding hydrogens is 354 g/mol. The number of rotatable bonds is 5. The van der Waals surface area contributed by atoms with E-state index in [1.807, 2.05) is 4.98 Å². The monoisotopic (exact) mass is 371 g/mol. The lowest BCUT2D eigenvalue weighted by molar-refractivity contribution is -0.166. The van der Waals surface area contributed by atoms with Gasteiger partial charge in [0, 0.05) is 20.8 Å². The summed E-state index contributed by atoms with van der Waals surface area (Å²) in [5, 5.41) is 3.66. The third kappa shape index (κ3) is 4.53. The predicted molar refractivity (Wildman–Crippen MR) is 80.8 cm³/mol. The Kier molecular flexibility index (Phi) is 5.87. The van der Waals surface area contributed by atoms with Gasteiger partial charge in [-0.1, -0.05) is 0 Å². The quantitative estimate of drug-likeness (QED) is 0.465. The van der Waals surface area contributed by atoms with Crippen LogP contribution in [-0.4, -0.2) is 57.6 Å². The second kappa shape index (κ2) is 7.91. The number of nitrogens with zero attached hydrogens (tertiary/aromatic N) is 2. The van der Waals surface area contributed by atoms with Gasteiger partial charge in [0.2, 0.25) is 0 Å². The van der Waals surface area contributed by atoms with Crippen molar-refractivity contribution in [3.8, 4) is 0 Å². The number of esters is 3. The van der Waals surface area contributed by atoms with E-state index in [0.717, 1.165) is 24.7 Å². The van der Waals surface area contributed by atoms with Gasteiger partial charge >= 0.3 is 23.6 Å². The normalized spacial score (nSPS) is 24.7. The van der Waals surface area contributed by atoms with Crippen LogP contribution in [0.1, 0.15) is 27.0 Å². The van der Waals surface area contributed by atoms with Gasteiger partial charge in [-0.05, 0) is 0 Å². The Balaban J connectivity index is 2.41. The average molecular weight is 371 g/mol. The molecule has 1 aliphatic heterocycles. The number of aromatic nitrogens is 3. The molecular formula is C14H17N3O9. The largest absolute Gasteiger partial charge is 0.463 e. The summed E-state index contributed by atoms with van der Waals surface area (Å²) in [6, 6.07) is 0. The van der Waals surface area contributed by atoms with Crippen molar-refractivity contribution < 1.29 is 33.3 Å². The number of aromatic amines is 1. The number of hydrogen-bond acceptors (Lipinski definition) is 10. The summed E-state index contributed by atoms with van der Waals surface area (Å²) >= 11 is 0. The van der Waals surface area contributed by atoms with Crippen LogP contribution in [0, 0.1) is 0 Å². The molecule has 26 heavy (non-hydrogen) atoms. The first-order chi connectivity index (χ1) is 12.2. The molecule has 0 radical (unpaired) electrons. The molecule has 1 aromatic heterocycles. The molecule has 0 saturated carbocycles. The molecule has 1 aromatic rings. The van der Waals surface area contributed by atoms with E-state index in [1.54, 1.807) is 0 Å². The lowest BCUT2D eigenvalue weighted by atomic mass is 10.1. The molecule has 142 valence electrons. The second-order valence-corrected chi connectivity index (χ2v) is 5.40. The van der Waals surface area contributed by atoms with Crippen molar-refractivity contribution >= 4 is 17.9 Å². The first-order valence-corrected chi connectivity index (χ1v) is 7.50. The number of ether oxygens (including phenoxy) is 4. The number of hydrogen-bond donors (Lipinski definition) is 1. The fourth-order valence-electron chi connectivity index (χ4n) is 2.43. The van der Waals surface area contributed by atoms with Gasteiger partial charge in [-0.2, -0.15) is 9.78 Å². The molecule has 1 N–H and O–H groups in total. The van der Waals surface area contributed by atoms with Crippen molar-refractivity contribution in [2.45, 2.75) is 45.3 Å². The molecule has 0 bridgehead atoms. The molecule has 0 aliphatic carbocycles. The van der Waals surface area contributed by atoms with Gasteiger partial charge in [-0.25, -0.2) is 4.79 Å². The molecule has 12 nitrogen and oxygen atoms in total. The Hall–Kier alpha value is -3.02. The Labute approximate surface area is 146 Å². The summed E-state index contributed by atoms with van der Waals surface area (Å²) in [7, 11) is 0. The maximum absolute atomic E-state index is 12.0. The predicted octanol–water partition coefficient (Wildman–Crippen LogP) is -1.74. The first kappa shape index (κ1) is 19.3. The lowest BCUT2D eigenvalue weighted by Gasteiger charge is -2.23. The highest BCUT2D eigenvalue weighted by Crippen LogP contribution is 2.33. The molecule has 4 atom stereocenters. The minimum absolute atomic E-state index is 0.320.